The van der Waals surface area contributed by atoms with E-state index in [0.717, 1.165) is 37.1 Å². The summed E-state index contributed by atoms with van der Waals surface area (Å²) in [6.45, 7) is 2.94. The maximum Gasteiger partial charge on any atom is 0.222 e. The number of hydrogen-bond acceptors (Lipinski definition) is 4. The number of benzene rings is 2. The molecule has 1 saturated heterocycles. The van der Waals surface area contributed by atoms with Crippen LogP contribution < -0.4 is 16.8 Å². The Hall–Kier alpha value is -2.70. The van der Waals surface area contributed by atoms with Crippen molar-refractivity contribution >= 4 is 11.8 Å². The Bertz CT molecular complexity index is 825. The van der Waals surface area contributed by atoms with Crippen molar-refractivity contribution < 1.29 is 9.59 Å². The highest BCUT2D eigenvalue weighted by Crippen LogP contribution is 2.19. The van der Waals surface area contributed by atoms with E-state index in [1.165, 1.54) is 5.56 Å². The molecule has 29 heavy (non-hydrogen) atoms. The number of piperidine rings is 1. The minimum atomic E-state index is -0.306. The molecule has 0 bridgehead atoms. The Labute approximate surface area is 172 Å². The molecule has 5 N–H and O–H groups in total. The topological polar surface area (TPSA) is 101 Å². The van der Waals surface area contributed by atoms with Gasteiger partial charge in [-0.25, -0.2) is 0 Å². The van der Waals surface area contributed by atoms with Crippen LogP contribution in [0.2, 0.25) is 0 Å². The fraction of sp³-hybridized carbons (Fsp3) is 0.391. The molecule has 0 radical (unpaired) electrons. The van der Waals surface area contributed by atoms with Crippen molar-refractivity contribution in [3.8, 4) is 0 Å². The molecule has 1 aliphatic rings. The molecule has 1 fully saturated rings. The minimum absolute atomic E-state index is 0.0555. The molecule has 2 aromatic rings. The number of primary amides is 1. The summed E-state index contributed by atoms with van der Waals surface area (Å²) in [6, 6.07) is 17.5. The van der Waals surface area contributed by atoms with Gasteiger partial charge < -0.3 is 16.8 Å². The second-order valence-corrected chi connectivity index (χ2v) is 7.79. The quantitative estimate of drug-likeness (QED) is 0.638. The third-order valence-electron chi connectivity index (χ3n) is 5.43. The highest BCUT2D eigenvalue weighted by molar-refractivity contribution is 5.77. The van der Waals surface area contributed by atoms with Gasteiger partial charge in [-0.1, -0.05) is 54.6 Å². The van der Waals surface area contributed by atoms with Crippen molar-refractivity contribution in [2.75, 3.05) is 13.1 Å². The van der Waals surface area contributed by atoms with Gasteiger partial charge in [0.25, 0.3) is 0 Å². The summed E-state index contributed by atoms with van der Waals surface area (Å²) in [6.07, 6.45) is 2.13. The van der Waals surface area contributed by atoms with E-state index < -0.39 is 0 Å². The summed E-state index contributed by atoms with van der Waals surface area (Å²) < 4.78 is 0. The van der Waals surface area contributed by atoms with Crippen LogP contribution in [0, 0.1) is 5.92 Å². The van der Waals surface area contributed by atoms with Crippen molar-refractivity contribution in [3.63, 3.8) is 0 Å². The fourth-order valence-corrected chi connectivity index (χ4v) is 3.82. The van der Waals surface area contributed by atoms with Crippen LogP contribution >= 0.6 is 0 Å². The third kappa shape index (κ3) is 6.41. The lowest BCUT2D eigenvalue weighted by molar-refractivity contribution is -0.123. The van der Waals surface area contributed by atoms with Gasteiger partial charge in [-0.05, 0) is 36.1 Å². The van der Waals surface area contributed by atoms with Crippen LogP contribution in [0.25, 0.3) is 0 Å². The van der Waals surface area contributed by atoms with E-state index in [-0.39, 0.29) is 30.2 Å². The van der Waals surface area contributed by atoms with Crippen LogP contribution in [0.1, 0.15) is 42.0 Å². The van der Waals surface area contributed by atoms with Gasteiger partial charge in [0.2, 0.25) is 11.8 Å². The van der Waals surface area contributed by atoms with E-state index in [9.17, 15) is 9.59 Å². The normalized spacial score (nSPS) is 18.2. The molecule has 1 aliphatic heterocycles. The van der Waals surface area contributed by atoms with Crippen molar-refractivity contribution in [1.82, 2.24) is 10.2 Å². The Kier molecular flexibility index (Phi) is 7.38. The largest absolute Gasteiger partial charge is 0.369 e. The monoisotopic (exact) mass is 394 g/mol. The average Bonchev–Trinajstić information content (AvgIpc) is 2.73. The molecule has 154 valence electrons. The van der Waals surface area contributed by atoms with Gasteiger partial charge >= 0.3 is 0 Å². The zero-order valence-corrected chi connectivity index (χ0v) is 16.7. The first-order valence-electron chi connectivity index (χ1n) is 10.2. The first-order valence-corrected chi connectivity index (χ1v) is 10.2. The summed E-state index contributed by atoms with van der Waals surface area (Å²) in [4.78, 5) is 26.0. The van der Waals surface area contributed by atoms with E-state index in [1.54, 1.807) is 0 Å². The maximum atomic E-state index is 12.3. The zero-order chi connectivity index (χ0) is 20.6. The molecule has 2 atom stereocenters. The SMILES string of the molecule is NC(=O)C1CCCN(Cc2cccc(CNC(=O)CC(N)c3ccccc3)c2)C1. The number of nitrogens with zero attached hydrogens (tertiary/aromatic N) is 1. The summed E-state index contributed by atoms with van der Waals surface area (Å²) >= 11 is 0. The van der Waals surface area contributed by atoms with Gasteiger partial charge in [-0.2, -0.15) is 0 Å². The zero-order valence-electron chi connectivity index (χ0n) is 16.7. The lowest BCUT2D eigenvalue weighted by atomic mass is 9.97. The standard InChI is InChI=1S/C23H30N4O2/c24-21(19-8-2-1-3-9-19)13-22(28)26-14-17-6-4-7-18(12-17)15-27-11-5-10-20(16-27)23(25)29/h1-4,6-9,12,20-21H,5,10-11,13-16,24H2,(H2,25,29)(H,26,28). The summed E-state index contributed by atoms with van der Waals surface area (Å²) in [5.41, 5.74) is 14.8. The van der Waals surface area contributed by atoms with Crippen LogP contribution in [0.3, 0.4) is 0 Å². The molecule has 1 heterocycles. The van der Waals surface area contributed by atoms with E-state index in [1.807, 2.05) is 42.5 Å². The van der Waals surface area contributed by atoms with Gasteiger partial charge in [0.05, 0.1) is 5.92 Å². The van der Waals surface area contributed by atoms with Gasteiger partial charge in [0.1, 0.15) is 0 Å². The second kappa shape index (κ2) is 10.2. The molecule has 2 amide bonds. The first kappa shape index (κ1) is 21.0. The van der Waals surface area contributed by atoms with Crippen LogP contribution in [0.15, 0.2) is 54.6 Å². The predicted molar refractivity (Wildman–Crippen MR) is 113 cm³/mol. The van der Waals surface area contributed by atoms with Crippen LogP contribution in [0.4, 0.5) is 0 Å². The van der Waals surface area contributed by atoms with Gasteiger partial charge in [-0.3, -0.25) is 14.5 Å². The number of carbonyl (C=O) groups is 2. The molecule has 0 spiro atoms. The number of hydrogen-bond donors (Lipinski definition) is 3. The molecule has 0 aromatic heterocycles. The smallest absolute Gasteiger partial charge is 0.222 e. The molecule has 6 heteroatoms. The first-order chi connectivity index (χ1) is 14.0. The van der Waals surface area contributed by atoms with Crippen LogP contribution in [-0.4, -0.2) is 29.8 Å². The molecule has 6 nitrogen and oxygen atoms in total. The number of nitrogens with two attached hydrogens (primary N) is 2. The highest BCUT2D eigenvalue weighted by Gasteiger charge is 2.23. The number of likely N-dealkylation sites (tertiary alicyclic amines) is 1. The summed E-state index contributed by atoms with van der Waals surface area (Å²) in [5, 5.41) is 2.96. The van der Waals surface area contributed by atoms with Crippen molar-refractivity contribution in [3.05, 3.63) is 71.3 Å². The third-order valence-corrected chi connectivity index (χ3v) is 5.43. The Morgan fingerprint density at radius 1 is 1.10 bits per heavy atom. The highest BCUT2D eigenvalue weighted by atomic mass is 16.2. The second-order valence-electron chi connectivity index (χ2n) is 7.79. The summed E-state index contributed by atoms with van der Waals surface area (Å²) in [7, 11) is 0. The Morgan fingerprint density at radius 3 is 2.62 bits per heavy atom. The van der Waals surface area contributed by atoms with Gasteiger partial charge in [-0.15, -0.1) is 0 Å². The molecule has 0 aliphatic carbocycles. The summed E-state index contributed by atoms with van der Waals surface area (Å²) in [5.74, 6) is -0.327. The number of rotatable bonds is 8. The Morgan fingerprint density at radius 2 is 1.86 bits per heavy atom. The molecule has 3 rings (SSSR count). The molecule has 0 saturated carbocycles. The van der Waals surface area contributed by atoms with Gasteiger partial charge in [0, 0.05) is 32.1 Å². The number of amides is 2. The van der Waals surface area contributed by atoms with Crippen LogP contribution in [-0.2, 0) is 22.7 Å². The van der Waals surface area contributed by atoms with E-state index in [4.69, 9.17) is 11.5 Å². The molecular weight excluding hydrogens is 364 g/mol. The Balaban J connectivity index is 1.49. The predicted octanol–water partition coefficient (Wildman–Crippen LogP) is 2.09. The number of nitrogens with one attached hydrogen (secondary N) is 1. The van der Waals surface area contributed by atoms with Gasteiger partial charge in [0.15, 0.2) is 0 Å². The number of carbonyl (C=O) groups excluding carboxylic acids is 2. The van der Waals surface area contributed by atoms with E-state index in [0.29, 0.717) is 13.1 Å². The lowest BCUT2D eigenvalue weighted by Crippen LogP contribution is -2.40. The van der Waals surface area contributed by atoms with Crippen molar-refractivity contribution in [2.24, 2.45) is 17.4 Å². The van der Waals surface area contributed by atoms with E-state index >= 15 is 0 Å². The fourth-order valence-electron chi connectivity index (χ4n) is 3.82. The van der Waals surface area contributed by atoms with Crippen molar-refractivity contribution in [1.29, 1.82) is 0 Å². The minimum Gasteiger partial charge on any atom is -0.369 e. The van der Waals surface area contributed by atoms with Crippen molar-refractivity contribution in [2.45, 2.75) is 38.4 Å². The molecule has 2 unspecified atom stereocenters. The lowest BCUT2D eigenvalue weighted by Gasteiger charge is -2.31. The average molecular weight is 395 g/mol. The maximum absolute atomic E-state index is 12.3. The van der Waals surface area contributed by atoms with Crippen LogP contribution in [0.5, 0.6) is 0 Å². The molecular formula is C23H30N4O2. The van der Waals surface area contributed by atoms with E-state index in [2.05, 4.69) is 22.3 Å². The molecule has 2 aromatic carbocycles.